The van der Waals surface area contributed by atoms with Gasteiger partial charge in [0.1, 0.15) is 0 Å². The number of allylic oxidation sites excluding steroid dienone is 1. The molecule has 6 atom stereocenters. The molecule has 0 saturated carbocycles. The number of para-hydroxylation sites is 2. The van der Waals surface area contributed by atoms with Crippen LogP contribution in [-0.4, -0.2) is 113 Å². The lowest BCUT2D eigenvalue weighted by Crippen LogP contribution is -2.49. The number of nitrogens with zero attached hydrogens (tertiary/aromatic N) is 5. The molecule has 1 aliphatic heterocycles. The van der Waals surface area contributed by atoms with Crippen LogP contribution in [0.15, 0.2) is 148 Å². The van der Waals surface area contributed by atoms with E-state index in [-0.39, 0.29) is 36.1 Å². The molecule has 1 fully saturated rings. The molecule has 71 heavy (non-hydrogen) atoms. The van der Waals surface area contributed by atoms with Gasteiger partial charge in [0.2, 0.25) is 0 Å². The molecule has 388 valence electrons. The SMILES string of the molecule is C=CCCC(C(=C)NC(Cc1cn(C)c2ccccc12)C(=C)NC(CCCCN1CCN(CC=C)CC1)C(=C)NC(Cc1cn(C)c2ccccc12)C(=C)NC(C(=C)NC(C)CCCC)C(C)C)N(C)C. The number of hydrogen-bond acceptors (Lipinski definition) is 8. The first-order chi connectivity index (χ1) is 34.0. The van der Waals surface area contributed by atoms with E-state index in [1.165, 1.54) is 45.8 Å². The van der Waals surface area contributed by atoms with Crippen LogP contribution in [-0.2, 0) is 26.9 Å². The summed E-state index contributed by atoms with van der Waals surface area (Å²) in [5.41, 5.74) is 9.66. The minimum Gasteiger partial charge on any atom is -0.385 e. The Labute approximate surface area is 430 Å². The van der Waals surface area contributed by atoms with E-state index in [1.54, 1.807) is 0 Å². The van der Waals surface area contributed by atoms with E-state index in [2.05, 4.69) is 194 Å². The zero-order valence-electron chi connectivity index (χ0n) is 45.5. The number of aromatic nitrogens is 2. The molecule has 5 N–H and O–H groups in total. The van der Waals surface area contributed by atoms with Gasteiger partial charge in [-0.1, -0.05) is 115 Å². The van der Waals surface area contributed by atoms with Crippen molar-refractivity contribution in [1.82, 2.24) is 50.4 Å². The zero-order chi connectivity index (χ0) is 51.6. The van der Waals surface area contributed by atoms with Crippen LogP contribution in [0.25, 0.3) is 21.8 Å². The van der Waals surface area contributed by atoms with Gasteiger partial charge in [-0.05, 0) is 95.3 Å². The molecule has 5 rings (SSSR count). The molecule has 0 spiro atoms. The van der Waals surface area contributed by atoms with Crippen LogP contribution < -0.4 is 26.6 Å². The smallest absolute Gasteiger partial charge is 0.0692 e. The molecule has 1 saturated heterocycles. The molecule has 6 unspecified atom stereocenters. The Hall–Kier alpha value is -5.42. The van der Waals surface area contributed by atoms with Crippen molar-refractivity contribution in [3.8, 4) is 0 Å². The molecule has 0 radical (unpaired) electrons. The fraction of sp³-hybridized carbons (Fsp3) is 0.508. The number of likely N-dealkylation sites (N-methyl/N-ethyl adjacent to an activating group) is 1. The maximum absolute atomic E-state index is 4.88. The van der Waals surface area contributed by atoms with E-state index < -0.39 is 0 Å². The number of nitrogens with one attached hydrogen (secondary N) is 5. The first-order valence-corrected chi connectivity index (χ1v) is 26.7. The predicted molar refractivity (Wildman–Crippen MR) is 307 cm³/mol. The summed E-state index contributed by atoms with van der Waals surface area (Å²) in [6, 6.07) is 17.3. The Morgan fingerprint density at radius 3 is 1.66 bits per heavy atom. The maximum Gasteiger partial charge on any atom is 0.0692 e. The van der Waals surface area contributed by atoms with Crippen molar-refractivity contribution in [3.05, 3.63) is 159 Å². The summed E-state index contributed by atoms with van der Waals surface area (Å²) in [7, 11) is 8.52. The second-order valence-corrected chi connectivity index (χ2v) is 21.0. The van der Waals surface area contributed by atoms with E-state index in [1.807, 2.05) is 12.2 Å². The highest BCUT2D eigenvalue weighted by Crippen LogP contribution is 2.27. The van der Waals surface area contributed by atoms with Crippen LogP contribution in [0, 0.1) is 5.92 Å². The lowest BCUT2D eigenvalue weighted by Gasteiger charge is -2.36. The summed E-state index contributed by atoms with van der Waals surface area (Å²) >= 11 is 0. The van der Waals surface area contributed by atoms with Gasteiger partial charge in [0.25, 0.3) is 0 Å². The minimum absolute atomic E-state index is 0.0181. The summed E-state index contributed by atoms with van der Waals surface area (Å²) in [5, 5.41) is 22.1. The van der Waals surface area contributed by atoms with E-state index in [0.717, 1.165) is 119 Å². The lowest BCUT2D eigenvalue weighted by molar-refractivity contribution is 0.140. The largest absolute Gasteiger partial charge is 0.385 e. The van der Waals surface area contributed by atoms with Gasteiger partial charge in [0.05, 0.1) is 24.2 Å². The van der Waals surface area contributed by atoms with Gasteiger partial charge in [0.15, 0.2) is 0 Å². The number of piperazine rings is 1. The third-order valence-electron chi connectivity index (χ3n) is 14.7. The molecule has 10 heteroatoms. The van der Waals surface area contributed by atoms with E-state index in [4.69, 9.17) is 19.7 Å². The van der Waals surface area contributed by atoms with Crippen LogP contribution >= 0.6 is 0 Å². The highest BCUT2D eigenvalue weighted by molar-refractivity contribution is 5.84. The molecule has 0 bridgehead atoms. The van der Waals surface area contributed by atoms with Gasteiger partial charge in [-0.15, -0.1) is 13.2 Å². The van der Waals surface area contributed by atoms with Crippen LogP contribution in [0.1, 0.15) is 90.2 Å². The maximum atomic E-state index is 4.88. The summed E-state index contributed by atoms with van der Waals surface area (Å²) < 4.78 is 4.46. The van der Waals surface area contributed by atoms with Crippen LogP contribution in [0.2, 0.25) is 0 Å². The topological polar surface area (TPSA) is 79.7 Å². The standard InChI is InChI=1S/C61H94N10/c1-16-19-27-45(6)62-50(11)61(44(4)5)66-48(9)57(41-52-43-69(15)60-33-24-22-29-54(52)60)64-46(7)55(30-25-26-35-71-38-36-70(34-18-3)37-39-71)63-47(8)56(65-49(10)58(67(12)13)31-20-17-2)40-51-42-68(14)59-32-23-21-28-53(51)59/h17-18,21-24,28-29,32-33,42-45,55-58,61-66H,2-3,7-11,16,19-20,25-27,30-31,34-41H2,1,4-6,12-15H3. The van der Waals surface area contributed by atoms with Crippen molar-refractivity contribution < 1.29 is 0 Å². The zero-order valence-corrected chi connectivity index (χ0v) is 45.5. The molecule has 2 aromatic heterocycles. The highest BCUT2D eigenvalue weighted by Gasteiger charge is 2.28. The average Bonchev–Trinajstić information content (AvgIpc) is 3.84. The molecule has 1 aliphatic rings. The van der Waals surface area contributed by atoms with Gasteiger partial charge >= 0.3 is 0 Å². The Kier molecular flexibility index (Phi) is 22.3. The van der Waals surface area contributed by atoms with Gasteiger partial charge in [-0.25, -0.2) is 0 Å². The minimum atomic E-state index is -0.181. The van der Waals surface area contributed by atoms with E-state index in [9.17, 15) is 0 Å². The molecule has 0 aliphatic carbocycles. The second-order valence-electron chi connectivity index (χ2n) is 21.0. The first-order valence-electron chi connectivity index (χ1n) is 26.7. The number of aryl methyl sites for hydroxylation is 2. The third-order valence-corrected chi connectivity index (χ3v) is 14.7. The molecule has 4 aromatic rings. The van der Waals surface area contributed by atoms with Crippen molar-refractivity contribution >= 4 is 21.8 Å². The van der Waals surface area contributed by atoms with Crippen LogP contribution in [0.5, 0.6) is 0 Å². The monoisotopic (exact) mass is 967 g/mol. The number of fused-ring (bicyclic) bond motifs is 2. The number of rotatable bonds is 34. The lowest BCUT2D eigenvalue weighted by atomic mass is 9.96. The normalized spacial score (nSPS) is 16.0. The van der Waals surface area contributed by atoms with E-state index >= 15 is 0 Å². The van der Waals surface area contributed by atoms with Gasteiger partial charge in [0, 0.05) is 134 Å². The van der Waals surface area contributed by atoms with Crippen molar-refractivity contribution in [2.45, 2.75) is 128 Å². The summed E-state index contributed by atoms with van der Waals surface area (Å²) in [4.78, 5) is 7.35. The van der Waals surface area contributed by atoms with Crippen molar-refractivity contribution in [1.29, 1.82) is 0 Å². The van der Waals surface area contributed by atoms with Crippen molar-refractivity contribution in [2.24, 2.45) is 20.0 Å². The Morgan fingerprint density at radius 2 is 1.13 bits per heavy atom. The number of hydrogen-bond donors (Lipinski definition) is 5. The Morgan fingerprint density at radius 1 is 0.606 bits per heavy atom. The third kappa shape index (κ3) is 16.3. The molecule has 2 aromatic carbocycles. The van der Waals surface area contributed by atoms with Crippen LogP contribution in [0.3, 0.4) is 0 Å². The van der Waals surface area contributed by atoms with Gasteiger partial charge < -0.3 is 45.5 Å². The quantitative estimate of drug-likeness (QED) is 0.0234. The number of benzene rings is 2. The highest BCUT2D eigenvalue weighted by atomic mass is 15.3. The van der Waals surface area contributed by atoms with Crippen molar-refractivity contribution in [3.63, 3.8) is 0 Å². The number of unbranched alkanes of at least 4 members (excludes halogenated alkanes) is 2. The summed E-state index contributed by atoms with van der Waals surface area (Å²) in [5.74, 6) is 0.277. The molecule has 0 amide bonds. The first kappa shape index (κ1) is 56.5. The Bertz CT molecular complexity index is 2370. The molecule has 3 heterocycles. The van der Waals surface area contributed by atoms with Gasteiger partial charge in [-0.3, -0.25) is 4.90 Å². The molecule has 10 nitrogen and oxygen atoms in total. The molecular weight excluding hydrogens is 873 g/mol. The predicted octanol–water partition coefficient (Wildman–Crippen LogP) is 10.6. The van der Waals surface area contributed by atoms with Crippen LogP contribution in [0.4, 0.5) is 0 Å². The average molecular weight is 967 g/mol. The second kappa shape index (κ2) is 28.0. The summed E-state index contributed by atoms with van der Waals surface area (Å²) in [6.45, 7) is 47.2. The van der Waals surface area contributed by atoms with Gasteiger partial charge in [-0.2, -0.15) is 0 Å². The fourth-order valence-electron chi connectivity index (χ4n) is 10.5. The summed E-state index contributed by atoms with van der Waals surface area (Å²) in [6.07, 6.45) is 18.3. The Balaban J connectivity index is 1.47. The molecular formula is C61H94N10. The van der Waals surface area contributed by atoms with E-state index in [0.29, 0.717) is 6.04 Å². The van der Waals surface area contributed by atoms with Crippen molar-refractivity contribution in [2.75, 3.05) is 53.4 Å². The fourth-order valence-corrected chi connectivity index (χ4v) is 10.5.